The number of methoxy groups -OCH3 is 1. The first-order valence-electron chi connectivity index (χ1n) is 4.89. The maximum absolute atomic E-state index is 11.0. The number of hydrogen-bond donors (Lipinski definition) is 0. The lowest BCUT2D eigenvalue weighted by Crippen LogP contribution is -2.39. The van der Waals surface area contributed by atoms with Crippen LogP contribution in [-0.2, 0) is 9.53 Å². The van der Waals surface area contributed by atoms with E-state index in [0.717, 1.165) is 0 Å². The van der Waals surface area contributed by atoms with Gasteiger partial charge in [-0.3, -0.25) is 0 Å². The summed E-state index contributed by atoms with van der Waals surface area (Å²) in [7, 11) is -0.247. The second-order valence-electron chi connectivity index (χ2n) is 3.94. The minimum Gasteiger partial charge on any atom is -0.466 e. The van der Waals surface area contributed by atoms with E-state index in [2.05, 4.69) is 30.0 Å². The fraction of sp³-hybridized carbons (Fsp3) is 0.250. The summed E-state index contributed by atoms with van der Waals surface area (Å²) in [5, 5.41) is 1.31. The summed E-state index contributed by atoms with van der Waals surface area (Å²) >= 11 is 0. The van der Waals surface area contributed by atoms with Gasteiger partial charge in [-0.2, -0.15) is 0 Å². The Morgan fingerprint density at radius 2 is 1.87 bits per heavy atom. The minimum absolute atomic E-state index is 0.286. The van der Waals surface area contributed by atoms with E-state index >= 15 is 0 Å². The van der Waals surface area contributed by atoms with E-state index in [-0.39, 0.29) is 5.97 Å². The molecule has 1 rings (SSSR count). The summed E-state index contributed by atoms with van der Waals surface area (Å²) in [6, 6.07) is 10.3. The molecule has 0 radical (unpaired) electrons. The SMILES string of the molecule is COC(=O)/C=C/[Si](C)(C)c1ccccc1. The van der Waals surface area contributed by atoms with Gasteiger partial charge in [-0.25, -0.2) is 4.79 Å². The smallest absolute Gasteiger partial charge is 0.329 e. The largest absolute Gasteiger partial charge is 0.466 e. The molecular formula is C12H16O2Si. The fourth-order valence-electron chi connectivity index (χ4n) is 1.31. The number of benzene rings is 1. The zero-order valence-electron chi connectivity index (χ0n) is 9.36. The van der Waals surface area contributed by atoms with Gasteiger partial charge < -0.3 is 4.74 Å². The first kappa shape index (κ1) is 11.7. The Bertz CT molecular complexity index is 355. The predicted octanol–water partition coefficient (Wildman–Crippen LogP) is 1.87. The van der Waals surface area contributed by atoms with Crippen LogP contribution in [0.25, 0.3) is 0 Å². The van der Waals surface area contributed by atoms with E-state index in [1.54, 1.807) is 0 Å². The highest BCUT2D eigenvalue weighted by molar-refractivity contribution is 6.94. The van der Waals surface area contributed by atoms with E-state index in [0.29, 0.717) is 0 Å². The lowest BCUT2D eigenvalue weighted by atomic mass is 10.4. The van der Waals surface area contributed by atoms with Crippen molar-refractivity contribution in [3.8, 4) is 0 Å². The van der Waals surface area contributed by atoms with E-state index in [1.165, 1.54) is 18.4 Å². The Hall–Kier alpha value is -1.35. The maximum atomic E-state index is 11.0. The molecule has 2 nitrogen and oxygen atoms in total. The van der Waals surface area contributed by atoms with E-state index in [4.69, 9.17) is 0 Å². The molecule has 0 aliphatic carbocycles. The quantitative estimate of drug-likeness (QED) is 0.441. The Morgan fingerprint density at radius 1 is 1.27 bits per heavy atom. The van der Waals surface area contributed by atoms with Gasteiger partial charge in [-0.15, -0.1) is 0 Å². The molecular weight excluding hydrogens is 204 g/mol. The molecule has 0 amide bonds. The zero-order chi connectivity index (χ0) is 11.3. The molecule has 0 bridgehead atoms. The number of rotatable bonds is 3. The van der Waals surface area contributed by atoms with Gasteiger partial charge in [0, 0.05) is 6.08 Å². The van der Waals surface area contributed by atoms with Crippen molar-refractivity contribution in [1.82, 2.24) is 0 Å². The molecule has 0 fully saturated rings. The van der Waals surface area contributed by atoms with E-state index in [1.807, 2.05) is 23.9 Å². The Kier molecular flexibility index (Phi) is 3.86. The molecule has 15 heavy (non-hydrogen) atoms. The van der Waals surface area contributed by atoms with Crippen molar-refractivity contribution in [1.29, 1.82) is 0 Å². The molecule has 0 aliphatic heterocycles. The van der Waals surface area contributed by atoms with E-state index < -0.39 is 8.07 Å². The van der Waals surface area contributed by atoms with Crippen LogP contribution in [-0.4, -0.2) is 21.2 Å². The van der Waals surface area contributed by atoms with Gasteiger partial charge in [0.15, 0.2) is 0 Å². The van der Waals surface area contributed by atoms with Crippen LogP contribution in [0.2, 0.25) is 13.1 Å². The van der Waals surface area contributed by atoms with Crippen LogP contribution in [0.15, 0.2) is 42.1 Å². The van der Waals surface area contributed by atoms with Crippen molar-refractivity contribution in [2.75, 3.05) is 7.11 Å². The second-order valence-corrected chi connectivity index (χ2v) is 8.30. The molecule has 0 spiro atoms. The molecule has 3 heteroatoms. The van der Waals surface area contributed by atoms with Crippen molar-refractivity contribution >= 4 is 19.2 Å². The summed E-state index contributed by atoms with van der Waals surface area (Å²) in [6.07, 6.45) is 1.53. The molecule has 1 aromatic rings. The molecule has 0 atom stereocenters. The third-order valence-electron chi connectivity index (χ3n) is 2.36. The van der Waals surface area contributed by atoms with Crippen LogP contribution in [0.3, 0.4) is 0 Å². The van der Waals surface area contributed by atoms with Crippen molar-refractivity contribution in [3.05, 3.63) is 42.1 Å². The number of carbonyl (C=O) groups is 1. The van der Waals surface area contributed by atoms with Gasteiger partial charge in [0.2, 0.25) is 0 Å². The molecule has 0 aromatic heterocycles. The minimum atomic E-state index is -1.64. The normalized spacial score (nSPS) is 11.7. The van der Waals surface area contributed by atoms with E-state index in [9.17, 15) is 4.79 Å². The fourth-order valence-corrected chi connectivity index (χ4v) is 3.11. The topological polar surface area (TPSA) is 26.3 Å². The summed E-state index contributed by atoms with van der Waals surface area (Å²) in [6.45, 7) is 4.39. The van der Waals surface area contributed by atoms with Crippen LogP contribution in [0.1, 0.15) is 0 Å². The zero-order valence-corrected chi connectivity index (χ0v) is 10.4. The van der Waals surface area contributed by atoms with Gasteiger partial charge in [0.05, 0.1) is 7.11 Å². The third-order valence-corrected chi connectivity index (χ3v) is 5.18. The molecule has 0 saturated heterocycles. The first-order chi connectivity index (χ1) is 7.06. The van der Waals surface area contributed by atoms with Crippen LogP contribution in [0, 0.1) is 0 Å². The number of carbonyl (C=O) groups excluding carboxylic acids is 1. The maximum Gasteiger partial charge on any atom is 0.329 e. The van der Waals surface area contributed by atoms with Gasteiger partial charge in [0.1, 0.15) is 8.07 Å². The van der Waals surface area contributed by atoms with Gasteiger partial charge >= 0.3 is 5.97 Å². The van der Waals surface area contributed by atoms with Gasteiger partial charge in [-0.05, 0) is 0 Å². The summed E-state index contributed by atoms with van der Waals surface area (Å²) < 4.78 is 4.58. The summed E-state index contributed by atoms with van der Waals surface area (Å²) in [5.74, 6) is -0.286. The molecule has 80 valence electrons. The Morgan fingerprint density at radius 3 is 2.40 bits per heavy atom. The average molecular weight is 220 g/mol. The summed E-state index contributed by atoms with van der Waals surface area (Å²) in [5.41, 5.74) is 1.99. The number of hydrogen-bond acceptors (Lipinski definition) is 2. The third kappa shape index (κ3) is 3.36. The molecule has 0 N–H and O–H groups in total. The number of esters is 1. The van der Waals surface area contributed by atoms with Crippen molar-refractivity contribution < 1.29 is 9.53 Å². The highest BCUT2D eigenvalue weighted by atomic mass is 28.3. The average Bonchev–Trinajstić information content (AvgIpc) is 2.27. The van der Waals surface area contributed by atoms with Crippen LogP contribution < -0.4 is 5.19 Å². The lowest BCUT2D eigenvalue weighted by Gasteiger charge is -2.17. The van der Waals surface area contributed by atoms with Crippen molar-refractivity contribution in [2.24, 2.45) is 0 Å². The summed E-state index contributed by atoms with van der Waals surface area (Å²) in [4.78, 5) is 11.0. The highest BCUT2D eigenvalue weighted by Gasteiger charge is 2.19. The molecule has 0 unspecified atom stereocenters. The Labute approximate surface area is 91.6 Å². The van der Waals surface area contributed by atoms with Crippen molar-refractivity contribution in [2.45, 2.75) is 13.1 Å². The molecule has 1 aromatic carbocycles. The standard InChI is InChI=1S/C12H16O2Si/c1-14-12(13)9-10-15(2,3)11-7-5-4-6-8-11/h4-10H,1-3H3/b10-9+. The van der Waals surface area contributed by atoms with Gasteiger partial charge in [0.25, 0.3) is 0 Å². The highest BCUT2D eigenvalue weighted by Crippen LogP contribution is 2.05. The molecule has 0 saturated carbocycles. The second kappa shape index (κ2) is 4.93. The van der Waals surface area contributed by atoms with Crippen molar-refractivity contribution in [3.63, 3.8) is 0 Å². The monoisotopic (exact) mass is 220 g/mol. The Balaban J connectivity index is 2.84. The van der Waals surface area contributed by atoms with Crippen LogP contribution >= 0.6 is 0 Å². The molecule has 0 aliphatic rings. The number of ether oxygens (including phenoxy) is 1. The first-order valence-corrected chi connectivity index (χ1v) is 7.97. The molecule has 0 heterocycles. The van der Waals surface area contributed by atoms with Gasteiger partial charge in [-0.1, -0.05) is 54.3 Å². The predicted molar refractivity (Wildman–Crippen MR) is 64.7 cm³/mol. The lowest BCUT2D eigenvalue weighted by molar-refractivity contribution is -0.134. The van der Waals surface area contributed by atoms with Crippen LogP contribution in [0.5, 0.6) is 0 Å². The van der Waals surface area contributed by atoms with Crippen LogP contribution in [0.4, 0.5) is 0 Å².